The van der Waals surface area contributed by atoms with Crippen molar-refractivity contribution < 1.29 is 14.3 Å². The Morgan fingerprint density at radius 1 is 1.23 bits per heavy atom. The lowest BCUT2D eigenvalue weighted by Crippen LogP contribution is -2.18. The lowest BCUT2D eigenvalue weighted by atomic mass is 10.1. The number of fused-ring (bicyclic) bond motifs is 1. The highest BCUT2D eigenvalue weighted by atomic mass is 16.5. The number of carbonyl (C=O) groups excluding carboxylic acids is 1. The second-order valence-corrected chi connectivity index (χ2v) is 8.62. The Morgan fingerprint density at radius 3 is 2.94 bits per heavy atom. The molecule has 2 aromatic carbocycles. The molecule has 2 aliphatic rings. The normalized spacial score (nSPS) is 17.4. The first kappa shape index (κ1) is 22.8. The van der Waals surface area contributed by atoms with Crippen molar-refractivity contribution in [3.05, 3.63) is 60.4 Å². The van der Waals surface area contributed by atoms with Gasteiger partial charge in [-0.3, -0.25) is 4.79 Å². The van der Waals surface area contributed by atoms with Gasteiger partial charge in [0.1, 0.15) is 24.0 Å². The number of nitrogens with zero attached hydrogens (tertiary/aromatic N) is 2. The summed E-state index contributed by atoms with van der Waals surface area (Å²) in [4.78, 5) is 21.5. The van der Waals surface area contributed by atoms with Gasteiger partial charge in [-0.15, -0.1) is 6.42 Å². The molecule has 1 saturated carbocycles. The van der Waals surface area contributed by atoms with Gasteiger partial charge in [0, 0.05) is 47.8 Å². The summed E-state index contributed by atoms with van der Waals surface area (Å²) in [5.41, 5.74) is 2.80. The summed E-state index contributed by atoms with van der Waals surface area (Å²) in [6.07, 6.45) is 13.5. The Morgan fingerprint density at radius 2 is 2.14 bits per heavy atom. The average molecular weight is 470 g/mol. The van der Waals surface area contributed by atoms with E-state index < -0.39 is 0 Å². The molecule has 2 fully saturated rings. The first-order valence-corrected chi connectivity index (χ1v) is 11.8. The zero-order valence-electron chi connectivity index (χ0n) is 19.3. The van der Waals surface area contributed by atoms with E-state index in [0.717, 1.165) is 23.1 Å². The molecule has 35 heavy (non-hydrogen) atoms. The van der Waals surface area contributed by atoms with Gasteiger partial charge in [-0.1, -0.05) is 18.1 Å². The van der Waals surface area contributed by atoms with E-state index in [2.05, 4.69) is 31.8 Å². The molecule has 0 spiro atoms. The van der Waals surface area contributed by atoms with Crippen molar-refractivity contribution in [1.29, 1.82) is 0 Å². The molecule has 178 valence electrons. The monoisotopic (exact) mass is 469 g/mol. The summed E-state index contributed by atoms with van der Waals surface area (Å²) in [6.45, 7) is 1.83. The van der Waals surface area contributed by atoms with E-state index in [1.807, 2.05) is 42.5 Å². The molecule has 8 nitrogen and oxygen atoms in total. The van der Waals surface area contributed by atoms with Gasteiger partial charge in [0.2, 0.25) is 5.91 Å². The van der Waals surface area contributed by atoms with Crippen LogP contribution in [0.4, 0.5) is 17.2 Å². The number of hydrogen-bond donors (Lipinski definition) is 3. The molecule has 3 aromatic rings. The third kappa shape index (κ3) is 5.96. The zero-order chi connectivity index (χ0) is 24.0. The maximum Gasteiger partial charge on any atom is 0.248 e. The number of amides is 1. The summed E-state index contributed by atoms with van der Waals surface area (Å²) in [5, 5.41) is 10.4. The van der Waals surface area contributed by atoms with E-state index in [4.69, 9.17) is 15.9 Å². The van der Waals surface area contributed by atoms with Crippen LogP contribution in [0.3, 0.4) is 0 Å². The average Bonchev–Trinajstić information content (AvgIpc) is 3.56. The van der Waals surface area contributed by atoms with Gasteiger partial charge in [0.05, 0.1) is 24.4 Å². The number of rotatable bonds is 9. The third-order valence-electron chi connectivity index (χ3n) is 5.84. The number of nitrogens with one attached hydrogen (secondary N) is 3. The van der Waals surface area contributed by atoms with E-state index in [-0.39, 0.29) is 12.0 Å². The summed E-state index contributed by atoms with van der Waals surface area (Å²) in [5.74, 6) is 3.54. The van der Waals surface area contributed by atoms with Crippen LogP contribution in [-0.2, 0) is 9.53 Å². The molecule has 2 heterocycles. The fraction of sp³-hybridized carbons (Fsp3) is 0.296. The number of aromatic nitrogens is 2. The Bertz CT molecular complexity index is 1290. The van der Waals surface area contributed by atoms with Gasteiger partial charge in [-0.2, -0.15) is 0 Å². The van der Waals surface area contributed by atoms with Crippen LogP contribution >= 0.6 is 0 Å². The van der Waals surface area contributed by atoms with Crippen LogP contribution in [0.25, 0.3) is 10.9 Å². The summed E-state index contributed by atoms with van der Waals surface area (Å²) in [7, 11) is 0. The SMILES string of the molecule is C#Cc1cccc(Nc2ncnc3cc(OC4CCOC4)c(NC(=O)C=CCNC4CC4)cc23)c1. The highest BCUT2D eigenvalue weighted by molar-refractivity contribution is 6.03. The Hall–Kier alpha value is -3.93. The van der Waals surface area contributed by atoms with Crippen molar-refractivity contribution in [3.8, 4) is 18.1 Å². The van der Waals surface area contributed by atoms with E-state index in [1.165, 1.54) is 25.2 Å². The third-order valence-corrected chi connectivity index (χ3v) is 5.84. The quantitative estimate of drug-likeness (QED) is 0.324. The van der Waals surface area contributed by atoms with E-state index in [0.29, 0.717) is 48.6 Å². The molecular weight excluding hydrogens is 442 g/mol. The molecular formula is C27H27N5O3. The highest BCUT2D eigenvalue weighted by Gasteiger charge is 2.21. The van der Waals surface area contributed by atoms with Crippen molar-refractivity contribution in [2.75, 3.05) is 30.4 Å². The van der Waals surface area contributed by atoms with Gasteiger partial charge >= 0.3 is 0 Å². The van der Waals surface area contributed by atoms with Crippen molar-refractivity contribution >= 4 is 34.0 Å². The van der Waals surface area contributed by atoms with Gasteiger partial charge in [-0.05, 0) is 37.1 Å². The molecule has 1 saturated heterocycles. The zero-order valence-corrected chi connectivity index (χ0v) is 19.3. The minimum atomic E-state index is -0.234. The fourth-order valence-corrected chi connectivity index (χ4v) is 3.85. The van der Waals surface area contributed by atoms with Crippen LogP contribution in [0.1, 0.15) is 24.8 Å². The lowest BCUT2D eigenvalue weighted by molar-refractivity contribution is -0.111. The predicted molar refractivity (Wildman–Crippen MR) is 136 cm³/mol. The van der Waals surface area contributed by atoms with Crippen LogP contribution in [0.15, 0.2) is 54.9 Å². The Kier molecular flexibility index (Phi) is 6.89. The number of anilines is 3. The molecule has 0 radical (unpaired) electrons. The first-order valence-electron chi connectivity index (χ1n) is 11.8. The maximum atomic E-state index is 12.7. The van der Waals surface area contributed by atoms with Gasteiger partial charge in [0.15, 0.2) is 0 Å². The summed E-state index contributed by atoms with van der Waals surface area (Å²) in [6, 6.07) is 11.8. The number of terminal acetylenes is 1. The van der Waals surface area contributed by atoms with E-state index in [9.17, 15) is 4.79 Å². The molecule has 0 bridgehead atoms. The smallest absolute Gasteiger partial charge is 0.248 e. The van der Waals surface area contributed by atoms with Crippen molar-refractivity contribution in [2.45, 2.75) is 31.4 Å². The van der Waals surface area contributed by atoms with E-state index >= 15 is 0 Å². The molecule has 1 unspecified atom stereocenters. The Labute approximate surface area is 204 Å². The standard InChI is InChI=1S/C27H27N5O3/c1-2-18-5-3-6-20(13-18)31-27-22-14-24(32-26(33)7-4-11-28-19-8-9-19)25(15-23(22)29-17-30-27)35-21-10-12-34-16-21/h1,3-7,13-15,17,19,21,28H,8-12,16H2,(H,32,33)(H,29,30,31). The molecule has 1 aromatic heterocycles. The fourth-order valence-electron chi connectivity index (χ4n) is 3.85. The number of hydrogen-bond acceptors (Lipinski definition) is 7. The molecule has 1 amide bonds. The molecule has 1 atom stereocenters. The number of benzene rings is 2. The van der Waals surface area contributed by atoms with Crippen molar-refractivity contribution in [1.82, 2.24) is 15.3 Å². The van der Waals surface area contributed by atoms with Crippen molar-refractivity contribution in [3.63, 3.8) is 0 Å². The molecule has 3 N–H and O–H groups in total. The minimum absolute atomic E-state index is 0.0766. The van der Waals surface area contributed by atoms with Crippen LogP contribution in [-0.4, -0.2) is 47.8 Å². The topological polar surface area (TPSA) is 97.4 Å². The molecule has 8 heteroatoms. The highest BCUT2D eigenvalue weighted by Crippen LogP contribution is 2.34. The van der Waals surface area contributed by atoms with E-state index in [1.54, 1.807) is 0 Å². The summed E-state index contributed by atoms with van der Waals surface area (Å²) < 4.78 is 11.6. The van der Waals surface area contributed by atoms with Gasteiger partial charge in [-0.25, -0.2) is 9.97 Å². The lowest BCUT2D eigenvalue weighted by Gasteiger charge is -2.17. The molecule has 1 aliphatic heterocycles. The van der Waals surface area contributed by atoms with Crippen LogP contribution in [0, 0.1) is 12.3 Å². The van der Waals surface area contributed by atoms with Crippen LogP contribution in [0.2, 0.25) is 0 Å². The predicted octanol–water partition coefficient (Wildman–Crippen LogP) is 3.77. The van der Waals surface area contributed by atoms with Crippen molar-refractivity contribution in [2.24, 2.45) is 0 Å². The maximum absolute atomic E-state index is 12.7. The molecule has 1 aliphatic carbocycles. The number of carbonyl (C=O) groups is 1. The Balaban J connectivity index is 1.43. The summed E-state index contributed by atoms with van der Waals surface area (Å²) >= 11 is 0. The largest absolute Gasteiger partial charge is 0.486 e. The van der Waals surface area contributed by atoms with Crippen LogP contribution < -0.4 is 20.7 Å². The van der Waals surface area contributed by atoms with Gasteiger partial charge < -0.3 is 25.4 Å². The first-order chi connectivity index (χ1) is 17.2. The molecule has 5 rings (SSSR count). The second-order valence-electron chi connectivity index (χ2n) is 8.62. The second kappa shape index (κ2) is 10.6. The number of ether oxygens (including phenoxy) is 2. The van der Waals surface area contributed by atoms with Crippen LogP contribution in [0.5, 0.6) is 5.75 Å². The minimum Gasteiger partial charge on any atom is -0.486 e. The van der Waals surface area contributed by atoms with Gasteiger partial charge in [0.25, 0.3) is 0 Å².